The fourth-order valence-electron chi connectivity index (χ4n) is 14.7. The predicted octanol–water partition coefficient (Wildman–Crippen LogP) is 9.45. The third-order valence-corrected chi connectivity index (χ3v) is 21.4. The molecule has 22 atom stereocenters. The Balaban J connectivity index is 1.12. The second-order valence-corrected chi connectivity index (χ2v) is 30.2. The van der Waals surface area contributed by atoms with E-state index < -0.39 is 195 Å². The molecular weight excluding hydrogens is 1590 g/mol. The highest BCUT2D eigenvalue weighted by Gasteiger charge is 2.68. The number of hydrogen-bond acceptors (Lipinski definition) is 29. The number of carbonyl (C=O) groups excluding carboxylic acids is 7. The number of nitrogens with zero attached hydrogens (tertiary/aromatic N) is 3. The number of carbonyl (C=O) groups is 7. The summed E-state index contributed by atoms with van der Waals surface area (Å²) in [7, 11) is 2.45. The minimum Gasteiger partial charge on any atom is -0.497 e. The first-order valence-electron chi connectivity index (χ1n) is 39.4. The van der Waals surface area contributed by atoms with Crippen molar-refractivity contribution >= 4 is 53.4 Å². The molecule has 2 amide bonds. The minimum atomic E-state index is -3.25. The van der Waals surface area contributed by atoms with Crippen LogP contribution in [0.4, 0.5) is 0 Å². The smallest absolute Gasteiger partial charge is 0.368 e. The van der Waals surface area contributed by atoms with Crippen LogP contribution in [0.25, 0.3) is 10.4 Å². The molecule has 0 radical (unpaired) electrons. The van der Waals surface area contributed by atoms with Gasteiger partial charge in [0.25, 0.3) is 5.79 Å². The monoisotopic (exact) mass is 1690 g/mol. The summed E-state index contributed by atoms with van der Waals surface area (Å²) < 4.78 is 126. The van der Waals surface area contributed by atoms with E-state index in [1.54, 1.807) is 91.9 Å². The van der Waals surface area contributed by atoms with Gasteiger partial charge < -0.3 is 106 Å². The van der Waals surface area contributed by atoms with Crippen LogP contribution in [0.3, 0.4) is 0 Å². The molecule has 121 heavy (non-hydrogen) atoms. The number of thioether (sulfide) groups is 1. The standard InChI is InChI=1S/C88H101N5O27S/c1-52-74(107-46-61-32-20-12-21-33-61)81(108-47-62-34-22-13-23-35-62)82(109-48-63-36-24-14-25-37-63)86(110-52)118-78-72(91-54(3)95)84(114-65-42-40-64(102-8)41-43-65)116-68(50-105-45-60-30-18-11-19-31-60)75(78)117-85-73(100)77(70(92-93-89)67(115-85)49-104-44-59-28-16-10-17-29-59)119-88(87(101)103-9)83(121-66-38-26-15-27-39-66)80(113-58(7)99)71(90-53(2)94)79(120-88)76(112-57(6)98)69(111-56(5)97)51-106-55(4)96/h10-43,52,67-86,100H,44-51H2,1-9H3,(H,90,94)(H,91,95)/t52-,67+,68+,69+,70-,71-,72+,73+,74+,75+,76+,77-,78+,79+,80+,81+,82-,83-,84+,85-,86-,88+/m0/s1. The van der Waals surface area contributed by atoms with Crippen LogP contribution in [0.5, 0.6) is 11.5 Å². The van der Waals surface area contributed by atoms with Crippen molar-refractivity contribution in [3.8, 4) is 11.5 Å². The highest BCUT2D eigenvalue weighted by molar-refractivity contribution is 8.00. The van der Waals surface area contributed by atoms with Crippen molar-refractivity contribution in [2.75, 3.05) is 34.0 Å². The molecule has 646 valence electrons. The van der Waals surface area contributed by atoms with Gasteiger partial charge in [0.1, 0.15) is 90.4 Å². The Morgan fingerprint density at radius 3 is 1.49 bits per heavy atom. The van der Waals surface area contributed by atoms with Gasteiger partial charge in [-0.1, -0.05) is 175 Å². The number of aliphatic hydroxyl groups is 1. The van der Waals surface area contributed by atoms with Gasteiger partial charge in [0, 0.05) is 51.3 Å². The van der Waals surface area contributed by atoms with Crippen LogP contribution >= 0.6 is 11.8 Å². The summed E-state index contributed by atoms with van der Waals surface area (Å²) >= 11 is 0.787. The van der Waals surface area contributed by atoms with Gasteiger partial charge in [-0.2, -0.15) is 0 Å². The molecule has 4 fully saturated rings. The Morgan fingerprint density at radius 2 is 0.992 bits per heavy atom. The second-order valence-electron chi connectivity index (χ2n) is 29.0. The van der Waals surface area contributed by atoms with Crippen LogP contribution < -0.4 is 20.1 Å². The van der Waals surface area contributed by atoms with E-state index in [4.69, 9.17) is 90.0 Å². The van der Waals surface area contributed by atoms with Crippen molar-refractivity contribution in [2.45, 2.75) is 220 Å². The van der Waals surface area contributed by atoms with Crippen LogP contribution in [0.15, 0.2) is 216 Å². The minimum absolute atomic E-state index is 0.0335. The largest absolute Gasteiger partial charge is 0.497 e. The molecule has 0 bridgehead atoms. The quantitative estimate of drug-likeness (QED) is 0.0106. The van der Waals surface area contributed by atoms with Crippen LogP contribution in [0, 0.1) is 0 Å². The number of azide groups is 1. The van der Waals surface area contributed by atoms with E-state index >= 15 is 4.79 Å². The molecule has 7 aromatic carbocycles. The number of benzene rings is 7. The van der Waals surface area contributed by atoms with Crippen LogP contribution in [0.1, 0.15) is 76.3 Å². The topological polar surface area (TPSA) is 388 Å². The van der Waals surface area contributed by atoms with Gasteiger partial charge in [0.15, 0.2) is 24.8 Å². The number of ether oxygens (including phenoxy) is 19. The number of hydrogen-bond donors (Lipinski definition) is 3. The van der Waals surface area contributed by atoms with E-state index in [0.717, 1.165) is 75.7 Å². The molecule has 11 rings (SSSR count). The van der Waals surface area contributed by atoms with E-state index in [1.165, 1.54) is 14.0 Å². The zero-order valence-electron chi connectivity index (χ0n) is 68.2. The molecule has 3 N–H and O–H groups in total. The van der Waals surface area contributed by atoms with Crippen molar-refractivity contribution in [3.05, 3.63) is 245 Å². The maximum Gasteiger partial charge on any atom is 0.368 e. The fraction of sp³-hybridized carbons (Fsp3) is 0.443. The lowest BCUT2D eigenvalue weighted by Crippen LogP contribution is -2.76. The van der Waals surface area contributed by atoms with Crippen LogP contribution in [0.2, 0.25) is 0 Å². The first kappa shape index (κ1) is 91.3. The molecule has 4 heterocycles. The molecule has 0 unspecified atom stereocenters. The molecule has 0 aliphatic carbocycles. The first-order chi connectivity index (χ1) is 58.5. The predicted molar refractivity (Wildman–Crippen MR) is 430 cm³/mol. The summed E-state index contributed by atoms with van der Waals surface area (Å²) in [6.07, 6.45) is -28.5. The Bertz CT molecular complexity index is 4500. The average Bonchev–Trinajstić information content (AvgIpc) is 0.723. The van der Waals surface area contributed by atoms with Gasteiger partial charge in [0.05, 0.1) is 84.8 Å². The maximum atomic E-state index is 16.1. The SMILES string of the molecule is COC(=O)[C@]1(O[C@@H]2[C@@H](O)[C@H](O[C@H]3[C@H](O[C@@H]4O[C@@H](C)[C@@H](OCc5ccccc5)[C@@H](OCc5ccccc5)[C@@H]4OCc4ccccc4)[C@@H](NC(C)=O)[C@H](Oc4ccc(OC)cc4)O[C@@H]3COCc3ccccc3)O[C@H](COCc3ccccc3)[C@@H]2N=[N+]=[N-])O[C@@H]([C@H](OC(C)=O)[C@@H](COC(C)=O)OC(C)=O)[C@H](NC(C)=O)[C@@H](OC(C)=O)[C@@H]1Sc1ccccc1. The Kier molecular flexibility index (Phi) is 33.9. The second kappa shape index (κ2) is 44.9. The summed E-state index contributed by atoms with van der Waals surface area (Å²) in [5, 5.41) is 22.2. The third-order valence-electron chi connectivity index (χ3n) is 20.0. The summed E-state index contributed by atoms with van der Waals surface area (Å²) in [6, 6.07) is 56.1. The van der Waals surface area contributed by atoms with Gasteiger partial charge in [-0.25, -0.2) is 4.79 Å². The zero-order chi connectivity index (χ0) is 86.0. The summed E-state index contributed by atoms with van der Waals surface area (Å²) in [5.41, 5.74) is 14.7. The van der Waals surface area contributed by atoms with Crippen LogP contribution in [-0.2, 0) is 147 Å². The molecule has 4 aliphatic heterocycles. The Morgan fingerprint density at radius 1 is 0.512 bits per heavy atom. The fourth-order valence-corrected chi connectivity index (χ4v) is 16.0. The molecule has 0 saturated carbocycles. The van der Waals surface area contributed by atoms with Crippen molar-refractivity contribution in [1.82, 2.24) is 10.6 Å². The number of methoxy groups -OCH3 is 2. The highest BCUT2D eigenvalue weighted by atomic mass is 32.2. The lowest BCUT2D eigenvalue weighted by Gasteiger charge is -2.55. The lowest BCUT2D eigenvalue weighted by molar-refractivity contribution is -0.382. The van der Waals surface area contributed by atoms with Crippen molar-refractivity contribution in [2.24, 2.45) is 5.11 Å². The van der Waals surface area contributed by atoms with E-state index in [9.17, 15) is 39.4 Å². The molecule has 4 saturated heterocycles. The van der Waals surface area contributed by atoms with E-state index in [1.807, 2.05) is 121 Å². The van der Waals surface area contributed by atoms with Crippen LogP contribution in [-0.4, -0.2) is 214 Å². The lowest BCUT2D eigenvalue weighted by atomic mass is 9.86. The van der Waals surface area contributed by atoms with Crippen molar-refractivity contribution in [3.63, 3.8) is 0 Å². The molecule has 0 spiro atoms. The average molecular weight is 1690 g/mol. The Labute approximate surface area is 704 Å². The normalized spacial score (nSPS) is 27.5. The van der Waals surface area contributed by atoms with Crippen molar-refractivity contribution < 1.29 is 129 Å². The van der Waals surface area contributed by atoms with Gasteiger partial charge in [-0.3, -0.25) is 28.8 Å². The third kappa shape index (κ3) is 25.1. The van der Waals surface area contributed by atoms with E-state index in [0.29, 0.717) is 16.2 Å². The number of esters is 5. The molecule has 0 aromatic heterocycles. The maximum absolute atomic E-state index is 16.1. The number of aliphatic hydroxyl groups excluding tert-OH is 1. The van der Waals surface area contributed by atoms with E-state index in [-0.39, 0.29) is 38.8 Å². The molecule has 32 nitrogen and oxygen atoms in total. The Hall–Kier alpha value is -10.4. The van der Waals surface area contributed by atoms with Crippen molar-refractivity contribution in [1.29, 1.82) is 0 Å². The first-order valence-corrected chi connectivity index (χ1v) is 40.2. The number of rotatable bonds is 39. The van der Waals surface area contributed by atoms with Gasteiger partial charge >= 0.3 is 29.8 Å². The van der Waals surface area contributed by atoms with Gasteiger partial charge in [0.2, 0.25) is 18.1 Å². The molecule has 7 aromatic rings. The van der Waals surface area contributed by atoms with Gasteiger partial charge in [-0.15, -0.1) is 11.8 Å². The summed E-state index contributed by atoms with van der Waals surface area (Å²) in [4.78, 5) is 102. The highest BCUT2D eigenvalue weighted by Crippen LogP contribution is 2.48. The number of amides is 2. The molecule has 33 heteroatoms. The molecule has 4 aliphatic rings. The number of nitrogens with one attached hydrogen (secondary N) is 2. The summed E-state index contributed by atoms with van der Waals surface area (Å²) in [5.74, 6) is -9.51. The van der Waals surface area contributed by atoms with E-state index in [2.05, 4.69) is 20.7 Å². The zero-order valence-corrected chi connectivity index (χ0v) is 69.0. The molecular formula is C88H101N5O27S. The van der Waals surface area contributed by atoms with Gasteiger partial charge in [-0.05, 0) is 76.7 Å². The summed E-state index contributed by atoms with van der Waals surface area (Å²) in [6.45, 7) is 6.35.